The van der Waals surface area contributed by atoms with Crippen molar-refractivity contribution in [3.8, 4) is 0 Å². The number of ether oxygens (including phenoxy) is 1. The van der Waals surface area contributed by atoms with Gasteiger partial charge in [0.15, 0.2) is 0 Å². The van der Waals surface area contributed by atoms with E-state index in [0.717, 1.165) is 32.5 Å². The van der Waals surface area contributed by atoms with Gasteiger partial charge in [-0.3, -0.25) is 9.69 Å². The van der Waals surface area contributed by atoms with Gasteiger partial charge < -0.3 is 15.8 Å². The average molecular weight is 295 g/mol. The number of fused-ring (bicyclic) bond motifs is 1. The second-order valence-electron chi connectivity index (χ2n) is 7.16. The summed E-state index contributed by atoms with van der Waals surface area (Å²) in [6, 6.07) is 1.11. The number of amides is 1. The first-order chi connectivity index (χ1) is 10.1. The SMILES string of the molecule is CC(CCCN1CCOC2CCCC21)(NC1CC1)C(N)=O. The fourth-order valence-electron chi connectivity index (χ4n) is 3.86. The minimum Gasteiger partial charge on any atom is -0.375 e. The van der Waals surface area contributed by atoms with Gasteiger partial charge in [0.1, 0.15) is 0 Å². The third-order valence-corrected chi connectivity index (χ3v) is 5.36. The van der Waals surface area contributed by atoms with E-state index in [1.807, 2.05) is 6.92 Å². The maximum absolute atomic E-state index is 11.8. The van der Waals surface area contributed by atoms with Gasteiger partial charge in [-0.05, 0) is 58.4 Å². The Kier molecular flexibility index (Phi) is 4.52. The molecule has 3 aliphatic rings. The van der Waals surface area contributed by atoms with Crippen molar-refractivity contribution >= 4 is 5.91 Å². The standard InChI is InChI=1S/C16H29N3O2/c1-16(15(17)20,18-12-6-7-12)8-3-9-19-10-11-21-14-5-2-4-13(14)19/h12-14,18H,2-11H2,1H3,(H2,17,20). The fourth-order valence-corrected chi connectivity index (χ4v) is 3.86. The van der Waals surface area contributed by atoms with E-state index in [-0.39, 0.29) is 5.91 Å². The van der Waals surface area contributed by atoms with Crippen molar-refractivity contribution in [2.24, 2.45) is 5.73 Å². The van der Waals surface area contributed by atoms with Crippen LogP contribution in [0.25, 0.3) is 0 Å². The first kappa shape index (κ1) is 15.3. The van der Waals surface area contributed by atoms with Crippen LogP contribution in [-0.2, 0) is 9.53 Å². The highest BCUT2D eigenvalue weighted by molar-refractivity contribution is 5.84. The van der Waals surface area contributed by atoms with Crippen LogP contribution in [-0.4, -0.2) is 54.2 Å². The Labute approximate surface area is 127 Å². The van der Waals surface area contributed by atoms with Crippen LogP contribution in [0.1, 0.15) is 51.9 Å². The maximum Gasteiger partial charge on any atom is 0.237 e. The lowest BCUT2D eigenvalue weighted by Gasteiger charge is -2.38. The van der Waals surface area contributed by atoms with Gasteiger partial charge in [0.25, 0.3) is 0 Å². The van der Waals surface area contributed by atoms with Gasteiger partial charge in [-0.15, -0.1) is 0 Å². The molecule has 1 saturated heterocycles. The molecule has 5 heteroatoms. The quantitative estimate of drug-likeness (QED) is 0.736. The van der Waals surface area contributed by atoms with Gasteiger partial charge in [-0.2, -0.15) is 0 Å². The zero-order chi connectivity index (χ0) is 14.9. The van der Waals surface area contributed by atoms with Crippen molar-refractivity contribution in [3.63, 3.8) is 0 Å². The molecule has 2 aliphatic carbocycles. The number of carbonyl (C=O) groups is 1. The number of hydrogen-bond donors (Lipinski definition) is 2. The number of nitrogens with zero attached hydrogens (tertiary/aromatic N) is 1. The summed E-state index contributed by atoms with van der Waals surface area (Å²) in [7, 11) is 0. The lowest BCUT2D eigenvalue weighted by Crippen LogP contribution is -2.54. The Morgan fingerprint density at radius 2 is 2.19 bits per heavy atom. The molecule has 2 saturated carbocycles. The monoisotopic (exact) mass is 295 g/mol. The third-order valence-electron chi connectivity index (χ3n) is 5.36. The highest BCUT2D eigenvalue weighted by atomic mass is 16.5. The molecule has 1 amide bonds. The topological polar surface area (TPSA) is 67.6 Å². The summed E-state index contributed by atoms with van der Waals surface area (Å²) >= 11 is 0. The molecule has 1 aliphatic heterocycles. The van der Waals surface area contributed by atoms with E-state index in [4.69, 9.17) is 10.5 Å². The lowest BCUT2D eigenvalue weighted by atomic mass is 9.94. The van der Waals surface area contributed by atoms with E-state index in [1.54, 1.807) is 0 Å². The van der Waals surface area contributed by atoms with Crippen LogP contribution in [0.4, 0.5) is 0 Å². The molecule has 3 fully saturated rings. The Morgan fingerprint density at radius 3 is 2.90 bits per heavy atom. The molecule has 0 spiro atoms. The molecule has 3 unspecified atom stereocenters. The smallest absolute Gasteiger partial charge is 0.237 e. The van der Waals surface area contributed by atoms with Crippen molar-refractivity contribution < 1.29 is 9.53 Å². The number of carbonyl (C=O) groups excluding carboxylic acids is 1. The molecule has 0 aromatic heterocycles. The molecule has 5 nitrogen and oxygen atoms in total. The minimum absolute atomic E-state index is 0.213. The number of nitrogens with two attached hydrogens (primary N) is 1. The number of nitrogens with one attached hydrogen (secondary N) is 1. The summed E-state index contributed by atoms with van der Waals surface area (Å²) in [5, 5.41) is 3.43. The summed E-state index contributed by atoms with van der Waals surface area (Å²) in [5.74, 6) is -0.213. The summed E-state index contributed by atoms with van der Waals surface area (Å²) < 4.78 is 5.85. The Bertz CT molecular complexity index is 386. The first-order valence-corrected chi connectivity index (χ1v) is 8.52. The van der Waals surface area contributed by atoms with Crippen molar-refractivity contribution in [2.45, 2.75) is 75.6 Å². The summed E-state index contributed by atoms with van der Waals surface area (Å²) in [5.41, 5.74) is 5.08. The van der Waals surface area contributed by atoms with E-state index in [1.165, 1.54) is 32.1 Å². The van der Waals surface area contributed by atoms with Crippen molar-refractivity contribution in [1.29, 1.82) is 0 Å². The van der Waals surface area contributed by atoms with Crippen molar-refractivity contribution in [3.05, 3.63) is 0 Å². The van der Waals surface area contributed by atoms with Gasteiger partial charge in [0.2, 0.25) is 5.91 Å². The Morgan fingerprint density at radius 1 is 1.38 bits per heavy atom. The Hall–Kier alpha value is -0.650. The largest absolute Gasteiger partial charge is 0.375 e. The average Bonchev–Trinajstić information content (AvgIpc) is 3.12. The minimum atomic E-state index is -0.539. The van der Waals surface area contributed by atoms with Gasteiger partial charge in [0.05, 0.1) is 18.2 Å². The van der Waals surface area contributed by atoms with Crippen LogP contribution in [0.2, 0.25) is 0 Å². The molecular formula is C16H29N3O2. The van der Waals surface area contributed by atoms with E-state index in [0.29, 0.717) is 18.2 Å². The molecule has 0 aromatic carbocycles. The zero-order valence-electron chi connectivity index (χ0n) is 13.1. The van der Waals surface area contributed by atoms with Crippen LogP contribution in [0, 0.1) is 0 Å². The molecule has 3 atom stereocenters. The number of primary amides is 1. The molecule has 0 bridgehead atoms. The normalized spacial score (nSPS) is 32.6. The second-order valence-corrected chi connectivity index (χ2v) is 7.16. The van der Waals surface area contributed by atoms with Crippen LogP contribution >= 0.6 is 0 Å². The predicted octanol–water partition coefficient (Wildman–Crippen LogP) is 1.02. The van der Waals surface area contributed by atoms with Gasteiger partial charge >= 0.3 is 0 Å². The third kappa shape index (κ3) is 3.58. The lowest BCUT2D eigenvalue weighted by molar-refractivity contribution is -0.124. The summed E-state index contributed by atoms with van der Waals surface area (Å²) in [4.78, 5) is 14.3. The van der Waals surface area contributed by atoms with Gasteiger partial charge in [0, 0.05) is 18.6 Å². The molecule has 1 heterocycles. The second kappa shape index (κ2) is 6.23. The van der Waals surface area contributed by atoms with Crippen molar-refractivity contribution in [1.82, 2.24) is 10.2 Å². The van der Waals surface area contributed by atoms with E-state index >= 15 is 0 Å². The fraction of sp³-hybridized carbons (Fsp3) is 0.938. The molecule has 0 aromatic rings. The first-order valence-electron chi connectivity index (χ1n) is 8.52. The number of hydrogen-bond acceptors (Lipinski definition) is 4. The zero-order valence-corrected chi connectivity index (χ0v) is 13.1. The number of rotatable bonds is 7. The molecule has 21 heavy (non-hydrogen) atoms. The van der Waals surface area contributed by atoms with Crippen LogP contribution < -0.4 is 11.1 Å². The van der Waals surface area contributed by atoms with E-state index < -0.39 is 5.54 Å². The molecule has 0 radical (unpaired) electrons. The molecule has 120 valence electrons. The summed E-state index contributed by atoms with van der Waals surface area (Å²) in [6.07, 6.45) is 8.41. The highest BCUT2D eigenvalue weighted by Gasteiger charge is 2.38. The van der Waals surface area contributed by atoms with Gasteiger partial charge in [-0.1, -0.05) is 0 Å². The van der Waals surface area contributed by atoms with Crippen LogP contribution in [0.3, 0.4) is 0 Å². The van der Waals surface area contributed by atoms with Crippen molar-refractivity contribution in [2.75, 3.05) is 19.7 Å². The molecule has 3 rings (SSSR count). The van der Waals surface area contributed by atoms with Gasteiger partial charge in [-0.25, -0.2) is 0 Å². The summed E-state index contributed by atoms with van der Waals surface area (Å²) in [6.45, 7) is 4.91. The van der Waals surface area contributed by atoms with E-state index in [2.05, 4.69) is 10.2 Å². The van der Waals surface area contributed by atoms with Crippen LogP contribution in [0.5, 0.6) is 0 Å². The Balaban J connectivity index is 1.48. The predicted molar refractivity (Wildman–Crippen MR) is 81.9 cm³/mol. The maximum atomic E-state index is 11.8. The number of morpholine rings is 1. The molecule has 3 N–H and O–H groups in total. The highest BCUT2D eigenvalue weighted by Crippen LogP contribution is 2.30. The van der Waals surface area contributed by atoms with Crippen LogP contribution in [0.15, 0.2) is 0 Å². The van der Waals surface area contributed by atoms with E-state index in [9.17, 15) is 4.79 Å². The molecular weight excluding hydrogens is 266 g/mol.